The number of pyridine rings is 1. The molecule has 0 bridgehead atoms. The minimum atomic E-state index is -0.109. The zero-order valence-electron chi connectivity index (χ0n) is 11.7. The Morgan fingerprint density at radius 2 is 2.38 bits per heavy atom. The molecule has 2 aromatic rings. The van der Waals surface area contributed by atoms with Crippen molar-refractivity contribution in [2.45, 2.75) is 19.9 Å². The summed E-state index contributed by atoms with van der Waals surface area (Å²) in [5, 5.41) is 11.6. The van der Waals surface area contributed by atoms with Crippen LogP contribution in [0.5, 0.6) is 0 Å². The first-order chi connectivity index (χ1) is 10.2. The number of rotatable bonds is 4. The lowest BCUT2D eigenvalue weighted by molar-refractivity contribution is 0.0955. The minimum absolute atomic E-state index is 0.0515. The highest BCUT2D eigenvalue weighted by atomic mass is 32.1. The summed E-state index contributed by atoms with van der Waals surface area (Å²) in [5.74, 6) is 5.75. The zero-order chi connectivity index (χ0) is 15.1. The molecule has 1 amide bonds. The van der Waals surface area contributed by atoms with Gasteiger partial charge in [-0.2, -0.15) is 0 Å². The quantitative estimate of drug-likeness (QED) is 0.850. The summed E-state index contributed by atoms with van der Waals surface area (Å²) in [6, 6.07) is 5.59. The Balaban J connectivity index is 2.00. The topological polar surface area (TPSA) is 62.2 Å². The first-order valence-electron chi connectivity index (χ1n) is 6.58. The summed E-state index contributed by atoms with van der Waals surface area (Å²) in [5.41, 5.74) is 1.94. The maximum Gasteiger partial charge on any atom is 0.261 e. The number of nitrogens with zero attached hydrogens (tertiary/aromatic N) is 1. The Morgan fingerprint density at radius 1 is 1.52 bits per heavy atom. The van der Waals surface area contributed by atoms with Crippen LogP contribution >= 0.6 is 11.3 Å². The van der Waals surface area contributed by atoms with Crippen LogP contribution in [0.2, 0.25) is 0 Å². The molecule has 0 atom stereocenters. The van der Waals surface area contributed by atoms with E-state index in [9.17, 15) is 4.79 Å². The molecule has 0 aliphatic heterocycles. The molecule has 4 nitrogen and oxygen atoms in total. The SMILES string of the molecule is Cc1cc(C(=O)NCc2cccnc2)sc1C#CCCO. The van der Waals surface area contributed by atoms with Gasteiger partial charge in [-0.05, 0) is 30.2 Å². The van der Waals surface area contributed by atoms with E-state index >= 15 is 0 Å². The molecule has 0 saturated carbocycles. The first-order valence-corrected chi connectivity index (χ1v) is 7.39. The van der Waals surface area contributed by atoms with Gasteiger partial charge < -0.3 is 10.4 Å². The van der Waals surface area contributed by atoms with Gasteiger partial charge in [0.2, 0.25) is 0 Å². The maximum absolute atomic E-state index is 12.1. The summed E-state index contributed by atoms with van der Waals surface area (Å²) in [7, 11) is 0. The Bertz CT molecular complexity index is 669. The predicted octanol–water partition coefficient (Wildman–Crippen LogP) is 2.12. The van der Waals surface area contributed by atoms with E-state index in [1.807, 2.05) is 25.1 Å². The highest BCUT2D eigenvalue weighted by molar-refractivity contribution is 7.14. The van der Waals surface area contributed by atoms with Crippen LogP contribution in [0.4, 0.5) is 0 Å². The summed E-state index contributed by atoms with van der Waals surface area (Å²) in [6.07, 6.45) is 3.87. The number of aryl methyl sites for hydroxylation is 1. The van der Waals surface area contributed by atoms with Crippen LogP contribution in [0.25, 0.3) is 0 Å². The van der Waals surface area contributed by atoms with E-state index < -0.39 is 0 Å². The van der Waals surface area contributed by atoms with Crippen molar-refractivity contribution in [3.63, 3.8) is 0 Å². The maximum atomic E-state index is 12.1. The molecule has 21 heavy (non-hydrogen) atoms. The van der Waals surface area contributed by atoms with Gasteiger partial charge in [-0.15, -0.1) is 11.3 Å². The van der Waals surface area contributed by atoms with Crippen LogP contribution in [0.3, 0.4) is 0 Å². The van der Waals surface area contributed by atoms with Crippen molar-refractivity contribution in [2.75, 3.05) is 6.61 Å². The number of nitrogens with one attached hydrogen (secondary N) is 1. The molecule has 0 radical (unpaired) electrons. The molecule has 5 heteroatoms. The Labute approximate surface area is 127 Å². The normalized spacial score (nSPS) is 9.81. The Morgan fingerprint density at radius 3 is 3.10 bits per heavy atom. The van der Waals surface area contributed by atoms with Gasteiger partial charge in [0.15, 0.2) is 0 Å². The van der Waals surface area contributed by atoms with Crippen LogP contribution in [0.1, 0.15) is 32.1 Å². The molecule has 0 unspecified atom stereocenters. The van der Waals surface area contributed by atoms with Crippen molar-refractivity contribution >= 4 is 17.2 Å². The third-order valence-corrected chi connectivity index (χ3v) is 3.91. The zero-order valence-corrected chi connectivity index (χ0v) is 12.5. The Hall–Kier alpha value is -2.16. The lowest BCUT2D eigenvalue weighted by Gasteiger charge is -2.02. The highest BCUT2D eigenvalue weighted by Gasteiger charge is 2.11. The lowest BCUT2D eigenvalue weighted by atomic mass is 10.2. The van der Waals surface area contributed by atoms with Crippen LogP contribution in [0, 0.1) is 18.8 Å². The fourth-order valence-electron chi connectivity index (χ4n) is 1.69. The largest absolute Gasteiger partial charge is 0.395 e. The van der Waals surface area contributed by atoms with Gasteiger partial charge in [-0.3, -0.25) is 9.78 Å². The Kier molecular flexibility index (Phi) is 5.50. The van der Waals surface area contributed by atoms with E-state index in [2.05, 4.69) is 22.1 Å². The van der Waals surface area contributed by atoms with Gasteiger partial charge >= 0.3 is 0 Å². The molecule has 2 heterocycles. The molecular weight excluding hydrogens is 284 g/mol. The molecule has 108 valence electrons. The molecule has 0 aliphatic rings. The number of aliphatic hydroxyl groups excluding tert-OH is 1. The predicted molar refractivity (Wildman–Crippen MR) is 83.0 cm³/mol. The van der Waals surface area contributed by atoms with Crippen molar-refractivity contribution in [2.24, 2.45) is 0 Å². The van der Waals surface area contributed by atoms with E-state index in [0.717, 1.165) is 16.0 Å². The number of thiophene rings is 1. The van der Waals surface area contributed by atoms with Gasteiger partial charge in [0.1, 0.15) is 0 Å². The number of carbonyl (C=O) groups excluding carboxylic acids is 1. The molecule has 0 fully saturated rings. The van der Waals surface area contributed by atoms with Crippen molar-refractivity contribution in [3.8, 4) is 11.8 Å². The van der Waals surface area contributed by atoms with Crippen LogP contribution < -0.4 is 5.32 Å². The molecule has 0 saturated heterocycles. The van der Waals surface area contributed by atoms with Crippen molar-refractivity contribution in [3.05, 3.63) is 51.5 Å². The van der Waals surface area contributed by atoms with Crippen molar-refractivity contribution in [1.29, 1.82) is 0 Å². The van der Waals surface area contributed by atoms with Gasteiger partial charge in [0.25, 0.3) is 5.91 Å². The summed E-state index contributed by atoms with van der Waals surface area (Å²) < 4.78 is 0. The molecule has 2 aromatic heterocycles. The van der Waals surface area contributed by atoms with Gasteiger partial charge in [0.05, 0.1) is 16.4 Å². The van der Waals surface area contributed by atoms with E-state index in [4.69, 9.17) is 5.11 Å². The van der Waals surface area contributed by atoms with E-state index in [1.54, 1.807) is 12.4 Å². The van der Waals surface area contributed by atoms with Gasteiger partial charge in [-0.25, -0.2) is 0 Å². The van der Waals surface area contributed by atoms with Crippen molar-refractivity contribution < 1.29 is 9.90 Å². The second kappa shape index (κ2) is 7.58. The fourth-order valence-corrected chi connectivity index (χ4v) is 2.65. The number of carbonyl (C=O) groups is 1. The number of aromatic nitrogens is 1. The number of aliphatic hydroxyl groups is 1. The smallest absolute Gasteiger partial charge is 0.261 e. The fraction of sp³-hybridized carbons (Fsp3) is 0.250. The molecular formula is C16H16N2O2S. The van der Waals surface area contributed by atoms with Gasteiger partial charge in [-0.1, -0.05) is 17.9 Å². The summed E-state index contributed by atoms with van der Waals surface area (Å²) in [6.45, 7) is 2.43. The molecule has 2 rings (SSSR count). The average Bonchev–Trinajstić information content (AvgIpc) is 2.87. The molecule has 0 aliphatic carbocycles. The number of hydrogen-bond acceptors (Lipinski definition) is 4. The number of hydrogen-bond donors (Lipinski definition) is 2. The van der Waals surface area contributed by atoms with Crippen molar-refractivity contribution in [1.82, 2.24) is 10.3 Å². The lowest BCUT2D eigenvalue weighted by Crippen LogP contribution is -2.21. The standard InChI is InChI=1S/C16H16N2O2S/c1-12-9-15(21-14(12)6-2-3-8-19)16(20)18-11-13-5-4-7-17-10-13/h4-5,7,9-10,19H,3,8,11H2,1H3,(H,18,20). The third kappa shape index (κ3) is 4.42. The van der Waals surface area contributed by atoms with Crippen LogP contribution in [0.15, 0.2) is 30.6 Å². The second-order valence-electron chi connectivity index (χ2n) is 4.44. The monoisotopic (exact) mass is 300 g/mol. The average molecular weight is 300 g/mol. The van der Waals surface area contributed by atoms with Crippen LogP contribution in [-0.4, -0.2) is 22.6 Å². The molecule has 2 N–H and O–H groups in total. The van der Waals surface area contributed by atoms with E-state index in [0.29, 0.717) is 17.8 Å². The van der Waals surface area contributed by atoms with Gasteiger partial charge in [0, 0.05) is 25.4 Å². The molecule has 0 aromatic carbocycles. The van der Waals surface area contributed by atoms with Crippen LogP contribution in [-0.2, 0) is 6.54 Å². The second-order valence-corrected chi connectivity index (χ2v) is 5.49. The van der Waals surface area contributed by atoms with E-state index in [-0.39, 0.29) is 12.5 Å². The summed E-state index contributed by atoms with van der Waals surface area (Å²) >= 11 is 1.37. The highest BCUT2D eigenvalue weighted by Crippen LogP contribution is 2.21. The molecule has 0 spiro atoms. The van der Waals surface area contributed by atoms with E-state index in [1.165, 1.54) is 11.3 Å². The third-order valence-electron chi connectivity index (χ3n) is 2.76. The minimum Gasteiger partial charge on any atom is -0.395 e. The summed E-state index contributed by atoms with van der Waals surface area (Å²) in [4.78, 5) is 17.6. The number of amides is 1. The first kappa shape index (κ1) is 15.2.